The maximum Gasteiger partial charge on any atom is 0.343 e. The molecule has 30 heavy (non-hydrogen) atoms. The second kappa shape index (κ2) is 12.9. The van der Waals surface area contributed by atoms with Crippen LogP contribution in [0.3, 0.4) is 0 Å². The monoisotopic (exact) mass is 422 g/mol. The van der Waals surface area contributed by atoms with Crippen LogP contribution in [-0.2, 0) is 4.74 Å². The quantitative estimate of drug-likeness (QED) is 0.598. The Balaban J connectivity index is 0.00000106. The molecule has 1 saturated carbocycles. The number of hydrogen-bond acceptors (Lipinski definition) is 5. The molecular formula is C23H32F2N2O3. The van der Waals surface area contributed by atoms with Crippen molar-refractivity contribution in [1.82, 2.24) is 4.98 Å². The first-order chi connectivity index (χ1) is 14.5. The van der Waals surface area contributed by atoms with Crippen molar-refractivity contribution in [2.45, 2.75) is 72.5 Å². The van der Waals surface area contributed by atoms with Crippen molar-refractivity contribution in [3.63, 3.8) is 0 Å². The third-order valence-electron chi connectivity index (χ3n) is 4.42. The van der Waals surface area contributed by atoms with Crippen molar-refractivity contribution in [2.24, 2.45) is 0 Å². The van der Waals surface area contributed by atoms with E-state index in [-0.39, 0.29) is 16.9 Å². The SMILES string of the molecule is CC.CC.Cc1ccc(Nc2cncc(F)c2C(=O)OC2CCCCC2O)c(F)c1. The van der Waals surface area contributed by atoms with Gasteiger partial charge in [0.2, 0.25) is 0 Å². The molecule has 2 aromatic rings. The van der Waals surface area contributed by atoms with E-state index in [1.165, 1.54) is 18.3 Å². The molecule has 1 aromatic heterocycles. The number of carbonyl (C=O) groups excluding carboxylic acids is 1. The molecule has 3 rings (SSSR count). The molecule has 2 atom stereocenters. The van der Waals surface area contributed by atoms with Gasteiger partial charge in [-0.25, -0.2) is 13.6 Å². The van der Waals surface area contributed by atoms with E-state index in [4.69, 9.17) is 4.74 Å². The third-order valence-corrected chi connectivity index (χ3v) is 4.42. The molecule has 2 N–H and O–H groups in total. The number of aliphatic hydroxyl groups is 1. The smallest absolute Gasteiger partial charge is 0.343 e. The van der Waals surface area contributed by atoms with E-state index in [2.05, 4.69) is 10.3 Å². The molecule has 7 heteroatoms. The molecule has 0 radical (unpaired) electrons. The number of pyridine rings is 1. The number of nitrogens with zero attached hydrogens (tertiary/aromatic N) is 1. The maximum atomic E-state index is 14.3. The highest BCUT2D eigenvalue weighted by Crippen LogP contribution is 2.28. The Morgan fingerprint density at radius 3 is 2.37 bits per heavy atom. The Morgan fingerprint density at radius 2 is 1.73 bits per heavy atom. The summed E-state index contributed by atoms with van der Waals surface area (Å²) in [5, 5.41) is 12.6. The molecule has 1 aliphatic carbocycles. The van der Waals surface area contributed by atoms with Gasteiger partial charge in [0.15, 0.2) is 5.82 Å². The van der Waals surface area contributed by atoms with Crippen LogP contribution in [-0.4, -0.2) is 28.3 Å². The minimum absolute atomic E-state index is 0.00283. The average molecular weight is 423 g/mol. The fraction of sp³-hybridized carbons (Fsp3) is 0.478. The molecule has 1 heterocycles. The first kappa shape index (κ1) is 25.5. The Morgan fingerprint density at radius 1 is 1.07 bits per heavy atom. The fourth-order valence-corrected chi connectivity index (χ4v) is 3.01. The van der Waals surface area contributed by atoms with Crippen LogP contribution in [0.15, 0.2) is 30.6 Å². The molecule has 1 fully saturated rings. The first-order valence-electron chi connectivity index (χ1n) is 10.5. The van der Waals surface area contributed by atoms with Crippen molar-refractivity contribution in [3.05, 3.63) is 53.4 Å². The molecule has 5 nitrogen and oxygen atoms in total. The fourth-order valence-electron chi connectivity index (χ4n) is 3.01. The number of benzene rings is 1. The average Bonchev–Trinajstić information content (AvgIpc) is 2.75. The van der Waals surface area contributed by atoms with Crippen LogP contribution in [0.2, 0.25) is 0 Å². The number of ether oxygens (including phenoxy) is 1. The summed E-state index contributed by atoms with van der Waals surface area (Å²) in [5.41, 5.74) is 0.465. The third kappa shape index (κ3) is 6.76. The summed E-state index contributed by atoms with van der Waals surface area (Å²) in [6.45, 7) is 9.74. The molecule has 0 spiro atoms. The van der Waals surface area contributed by atoms with Gasteiger partial charge in [0, 0.05) is 0 Å². The lowest BCUT2D eigenvalue weighted by Crippen LogP contribution is -2.34. The van der Waals surface area contributed by atoms with Gasteiger partial charge >= 0.3 is 5.97 Å². The van der Waals surface area contributed by atoms with Crippen LogP contribution in [0.1, 0.15) is 69.3 Å². The number of rotatable bonds is 4. The lowest BCUT2D eigenvalue weighted by atomic mass is 9.95. The van der Waals surface area contributed by atoms with Gasteiger partial charge in [0.05, 0.1) is 29.9 Å². The largest absolute Gasteiger partial charge is 0.456 e. The van der Waals surface area contributed by atoms with Gasteiger partial charge in [-0.15, -0.1) is 0 Å². The second-order valence-electron chi connectivity index (χ2n) is 6.45. The number of esters is 1. The lowest BCUT2D eigenvalue weighted by molar-refractivity contribution is -0.0362. The van der Waals surface area contributed by atoms with Gasteiger partial charge < -0.3 is 15.2 Å². The number of carbonyl (C=O) groups is 1. The summed E-state index contributed by atoms with van der Waals surface area (Å²) in [7, 11) is 0. The van der Waals surface area contributed by atoms with Crippen LogP contribution in [0, 0.1) is 18.6 Å². The van der Waals surface area contributed by atoms with E-state index in [1.807, 2.05) is 27.7 Å². The number of anilines is 2. The number of nitrogens with one attached hydrogen (secondary N) is 1. The predicted octanol–water partition coefficient (Wildman–Crippen LogP) is 5.92. The molecule has 1 aliphatic rings. The van der Waals surface area contributed by atoms with E-state index in [9.17, 15) is 18.7 Å². The molecule has 166 valence electrons. The number of hydrogen-bond donors (Lipinski definition) is 2. The highest BCUT2D eigenvalue weighted by atomic mass is 19.1. The van der Waals surface area contributed by atoms with E-state index in [0.29, 0.717) is 12.8 Å². The standard InChI is InChI=1S/C19H20F2N2O3.2C2H6/c1-11-6-7-14(12(20)8-11)23-15-10-22-9-13(21)18(15)19(25)26-17-5-3-2-4-16(17)24;2*1-2/h6-10,16-17,23-24H,2-5H2,1H3;2*1-2H3. The van der Waals surface area contributed by atoms with E-state index in [1.54, 1.807) is 13.0 Å². The number of aliphatic hydroxyl groups excluding tert-OH is 1. The highest BCUT2D eigenvalue weighted by Gasteiger charge is 2.29. The zero-order valence-electron chi connectivity index (χ0n) is 18.3. The highest BCUT2D eigenvalue weighted by molar-refractivity contribution is 5.96. The predicted molar refractivity (Wildman–Crippen MR) is 115 cm³/mol. The van der Waals surface area contributed by atoms with Crippen molar-refractivity contribution >= 4 is 17.3 Å². The Kier molecular flexibility index (Phi) is 11.0. The van der Waals surface area contributed by atoms with Crippen LogP contribution >= 0.6 is 0 Å². The Hall–Kier alpha value is -2.54. The summed E-state index contributed by atoms with van der Waals surface area (Å²) in [5.74, 6) is -2.32. The number of aryl methyl sites for hydroxylation is 1. The van der Waals surface area contributed by atoms with Crippen LogP contribution in [0.4, 0.5) is 20.2 Å². The Labute approximate surface area is 177 Å². The zero-order valence-corrected chi connectivity index (χ0v) is 18.3. The van der Waals surface area contributed by atoms with Gasteiger partial charge in [-0.2, -0.15) is 0 Å². The molecular weight excluding hydrogens is 390 g/mol. The van der Waals surface area contributed by atoms with Crippen LogP contribution in [0.25, 0.3) is 0 Å². The minimum Gasteiger partial charge on any atom is -0.456 e. The molecule has 0 saturated heterocycles. The van der Waals surface area contributed by atoms with Crippen molar-refractivity contribution < 1.29 is 23.4 Å². The van der Waals surface area contributed by atoms with Crippen molar-refractivity contribution in [1.29, 1.82) is 0 Å². The molecule has 0 bridgehead atoms. The van der Waals surface area contributed by atoms with Gasteiger partial charge in [-0.05, 0) is 43.9 Å². The lowest BCUT2D eigenvalue weighted by Gasteiger charge is -2.27. The Bertz CT molecular complexity index is 815. The van der Waals surface area contributed by atoms with E-state index >= 15 is 0 Å². The molecule has 1 aromatic carbocycles. The molecule has 2 unspecified atom stereocenters. The maximum absolute atomic E-state index is 14.3. The van der Waals surface area contributed by atoms with Crippen molar-refractivity contribution in [3.8, 4) is 0 Å². The van der Waals surface area contributed by atoms with E-state index < -0.39 is 29.8 Å². The van der Waals surface area contributed by atoms with E-state index in [0.717, 1.165) is 24.6 Å². The summed E-state index contributed by atoms with van der Waals surface area (Å²) >= 11 is 0. The van der Waals surface area contributed by atoms with Gasteiger partial charge in [-0.3, -0.25) is 4.98 Å². The normalized spacial score (nSPS) is 17.6. The van der Waals surface area contributed by atoms with Gasteiger partial charge in [-0.1, -0.05) is 40.2 Å². The molecule has 0 aliphatic heterocycles. The summed E-state index contributed by atoms with van der Waals surface area (Å²) in [6.07, 6.45) is 3.44. The number of halogens is 2. The summed E-state index contributed by atoms with van der Waals surface area (Å²) in [6, 6.07) is 4.51. The van der Waals surface area contributed by atoms with Gasteiger partial charge in [0.25, 0.3) is 0 Å². The second-order valence-corrected chi connectivity index (χ2v) is 6.45. The zero-order chi connectivity index (χ0) is 22.7. The first-order valence-corrected chi connectivity index (χ1v) is 10.5. The topological polar surface area (TPSA) is 71.5 Å². The van der Waals surface area contributed by atoms with Crippen molar-refractivity contribution in [2.75, 3.05) is 5.32 Å². The summed E-state index contributed by atoms with van der Waals surface area (Å²) in [4.78, 5) is 16.2. The van der Waals surface area contributed by atoms with Gasteiger partial charge in [0.1, 0.15) is 17.5 Å². The summed E-state index contributed by atoms with van der Waals surface area (Å²) < 4.78 is 33.6. The van der Waals surface area contributed by atoms with Crippen LogP contribution in [0.5, 0.6) is 0 Å². The minimum atomic E-state index is -0.911. The van der Waals surface area contributed by atoms with Crippen LogP contribution < -0.4 is 5.32 Å². The number of aromatic nitrogens is 1. The molecule has 0 amide bonds.